The van der Waals surface area contributed by atoms with Crippen molar-refractivity contribution in [3.05, 3.63) is 0 Å². The molecule has 2 aliphatic rings. The van der Waals surface area contributed by atoms with Gasteiger partial charge in [0.05, 0.1) is 0 Å². The summed E-state index contributed by atoms with van der Waals surface area (Å²) in [6, 6.07) is 0. The van der Waals surface area contributed by atoms with Crippen LogP contribution in [0.3, 0.4) is 0 Å². The summed E-state index contributed by atoms with van der Waals surface area (Å²) in [5, 5.41) is -3.18. The largest absolute Gasteiger partial charge is 2.00 e. The molecule has 0 amide bonds. The molecule has 0 saturated heterocycles. The van der Waals surface area contributed by atoms with Crippen molar-refractivity contribution in [2.45, 2.75) is 75.5 Å². The van der Waals surface area contributed by atoms with Gasteiger partial charge in [-0.3, -0.25) is 0 Å². The van der Waals surface area contributed by atoms with Gasteiger partial charge in [0.15, 0.2) is 0 Å². The average Bonchev–Trinajstić information content (AvgIpc) is 2.56. The first kappa shape index (κ1) is 27.4. The van der Waals surface area contributed by atoms with Crippen LogP contribution >= 0.6 is 10.8 Å². The molecule has 0 heterocycles. The Morgan fingerprint density at radius 1 is 0.640 bits per heavy atom. The van der Waals surface area contributed by atoms with Crippen LogP contribution in [-0.4, -0.2) is 48.8 Å². The third-order valence-corrected chi connectivity index (χ3v) is 17.8. The van der Waals surface area contributed by atoms with E-state index in [0.29, 0.717) is 11.3 Å². The summed E-state index contributed by atoms with van der Waals surface area (Å²) < 4.78 is 4.24. The van der Waals surface area contributed by atoms with Gasteiger partial charge in [-0.1, -0.05) is 38.5 Å². The predicted molar refractivity (Wildman–Crippen MR) is 124 cm³/mol. The molecule has 2 atom stereocenters. The summed E-state index contributed by atoms with van der Waals surface area (Å²) in [6.07, 6.45) is 13.2. The van der Waals surface area contributed by atoms with Gasteiger partial charge in [0.1, 0.15) is 0 Å². The zero-order valence-electron chi connectivity index (χ0n) is 16.0. The van der Waals surface area contributed by atoms with Crippen molar-refractivity contribution in [1.29, 1.82) is 0 Å². The minimum absolute atomic E-state index is 0. The monoisotopic (exact) mass is 502 g/mol. The molecule has 2 aliphatic carbocycles. The molecule has 0 radical (unpaired) electrons. The van der Waals surface area contributed by atoms with Crippen LogP contribution in [0.5, 0.6) is 0 Å². The van der Waals surface area contributed by atoms with Crippen LogP contribution in [0.2, 0.25) is 0 Å². The van der Waals surface area contributed by atoms with E-state index in [9.17, 15) is 0 Å². The summed E-state index contributed by atoms with van der Waals surface area (Å²) in [4.78, 5) is 0. The molecule has 9 heteroatoms. The van der Waals surface area contributed by atoms with E-state index in [2.05, 4.69) is 9.34 Å². The Bertz CT molecular complexity index is 423. The molecule has 0 N–H and O–H groups in total. The van der Waals surface area contributed by atoms with Gasteiger partial charge in [-0.15, -0.1) is 34.4 Å². The van der Waals surface area contributed by atoms with Gasteiger partial charge < -0.3 is 33.8 Å². The topological polar surface area (TPSA) is 6.48 Å². The third-order valence-electron chi connectivity index (χ3n) is 5.19. The molecule has 0 aromatic rings. The van der Waals surface area contributed by atoms with Crippen LogP contribution in [0.4, 0.5) is 0 Å². The van der Waals surface area contributed by atoms with Crippen molar-refractivity contribution in [3.8, 4) is 0 Å². The maximum absolute atomic E-state index is 5.54. The fourth-order valence-electron chi connectivity index (χ4n) is 3.47. The quantitative estimate of drug-likeness (QED) is 0.283. The maximum atomic E-state index is 5.54. The molecule has 25 heavy (non-hydrogen) atoms. The second-order valence-electron chi connectivity index (χ2n) is 7.41. The van der Waals surface area contributed by atoms with Gasteiger partial charge in [-0.05, 0) is 65.2 Å². The van der Waals surface area contributed by atoms with Crippen LogP contribution < -0.4 is 0 Å². The maximum Gasteiger partial charge on any atom is 2.00 e. The molecular formula is C16H34N2NiP2S4. The fraction of sp³-hybridized carbons (Fsp3) is 1.00. The summed E-state index contributed by atoms with van der Waals surface area (Å²) >= 11 is 22.2. The first-order valence-electron chi connectivity index (χ1n) is 9.07. The van der Waals surface area contributed by atoms with Gasteiger partial charge in [-0.2, -0.15) is 0 Å². The molecule has 152 valence electrons. The molecule has 2 fully saturated rings. The summed E-state index contributed by atoms with van der Waals surface area (Å²) in [5.41, 5.74) is 1.32. The van der Waals surface area contributed by atoms with E-state index in [0.717, 1.165) is 0 Å². The van der Waals surface area contributed by atoms with E-state index in [4.69, 9.17) is 48.1 Å². The number of rotatable bonds is 4. The van der Waals surface area contributed by atoms with Crippen LogP contribution in [0.15, 0.2) is 0 Å². The van der Waals surface area contributed by atoms with Gasteiger partial charge in [-0.25, -0.2) is 0 Å². The SMILES string of the molecule is CN(C)P(=S)([S-])C1CCCCC1.CN(C)P(=S)([S-])C1CCCCC1.[Ni+2]. The Balaban J connectivity index is 0.000000443. The molecule has 2 rings (SSSR count). The Hall–Kier alpha value is 2.41. The summed E-state index contributed by atoms with van der Waals surface area (Å²) in [5.74, 6) is 0. The fourth-order valence-corrected chi connectivity index (χ4v) is 9.34. The third kappa shape index (κ3) is 8.75. The van der Waals surface area contributed by atoms with Crippen LogP contribution in [0, 0.1) is 0 Å². The molecule has 0 aromatic heterocycles. The second kappa shape index (κ2) is 12.9. The van der Waals surface area contributed by atoms with Gasteiger partial charge >= 0.3 is 16.5 Å². The van der Waals surface area contributed by atoms with E-state index in [-0.39, 0.29) is 16.5 Å². The molecule has 0 bridgehead atoms. The molecular weight excluding hydrogens is 469 g/mol. The van der Waals surface area contributed by atoms with Gasteiger partial charge in [0, 0.05) is 0 Å². The summed E-state index contributed by atoms with van der Waals surface area (Å²) in [6.45, 7) is 0. The standard InChI is InChI=1S/2C8H18NPS2.Ni/c2*1-9(2)10(11,12)8-6-4-3-5-7-8;/h2*8H,3-7H2,1-2H3,(H,11,12);/q;;+2/p-2. The van der Waals surface area contributed by atoms with E-state index < -0.39 is 10.8 Å². The number of nitrogens with zero attached hydrogens (tertiary/aromatic N) is 2. The predicted octanol–water partition coefficient (Wildman–Crippen LogP) is 5.47. The van der Waals surface area contributed by atoms with Crippen LogP contribution in [0.1, 0.15) is 64.2 Å². The van der Waals surface area contributed by atoms with Crippen molar-refractivity contribution in [1.82, 2.24) is 9.34 Å². The normalized spacial score (nSPS) is 24.6. The van der Waals surface area contributed by atoms with E-state index in [1.54, 1.807) is 0 Å². The molecule has 2 unspecified atom stereocenters. The van der Waals surface area contributed by atoms with E-state index in [1.807, 2.05) is 28.2 Å². The minimum Gasteiger partial charge on any atom is -0.731 e. The number of hydrogen-bond acceptors (Lipinski definition) is 4. The molecule has 0 spiro atoms. The van der Waals surface area contributed by atoms with E-state index >= 15 is 0 Å². The van der Waals surface area contributed by atoms with Crippen LogP contribution in [-0.2, 0) is 64.6 Å². The van der Waals surface area contributed by atoms with Crippen LogP contribution in [0.25, 0.3) is 0 Å². The Kier molecular flexibility index (Phi) is 14.1. The molecule has 0 aliphatic heterocycles. The Morgan fingerprint density at radius 3 is 1.08 bits per heavy atom. The Morgan fingerprint density at radius 2 is 0.880 bits per heavy atom. The first-order chi connectivity index (χ1) is 11.1. The molecule has 2 nitrogen and oxygen atoms in total. The van der Waals surface area contributed by atoms with Gasteiger partial charge in [0.2, 0.25) is 0 Å². The Labute approximate surface area is 187 Å². The van der Waals surface area contributed by atoms with E-state index in [1.165, 1.54) is 64.2 Å². The van der Waals surface area contributed by atoms with Crippen molar-refractivity contribution in [2.24, 2.45) is 0 Å². The molecule has 2 saturated carbocycles. The average molecular weight is 503 g/mol. The first-order valence-corrected chi connectivity index (χ1v) is 16.7. The van der Waals surface area contributed by atoms with Crippen molar-refractivity contribution < 1.29 is 16.5 Å². The van der Waals surface area contributed by atoms with Gasteiger partial charge in [0.25, 0.3) is 0 Å². The number of hydrogen-bond donors (Lipinski definition) is 0. The second-order valence-corrected chi connectivity index (χ2v) is 20.8. The summed E-state index contributed by atoms with van der Waals surface area (Å²) in [7, 11) is 8.18. The zero-order valence-corrected chi connectivity index (χ0v) is 22.0. The zero-order chi connectivity index (χ0) is 18.4. The molecule has 0 aromatic carbocycles. The minimum atomic E-state index is -1.59. The smallest absolute Gasteiger partial charge is 0.731 e. The van der Waals surface area contributed by atoms with Crippen molar-refractivity contribution in [2.75, 3.05) is 28.2 Å². The van der Waals surface area contributed by atoms with Crippen molar-refractivity contribution in [3.63, 3.8) is 0 Å². The van der Waals surface area contributed by atoms with Crippen molar-refractivity contribution >= 4 is 58.9 Å².